The molecule has 2 aromatic rings. The van der Waals surface area contributed by atoms with E-state index in [4.69, 9.17) is 4.74 Å². The van der Waals surface area contributed by atoms with E-state index in [0.29, 0.717) is 11.3 Å². The third-order valence-electron chi connectivity index (χ3n) is 3.14. The molecule has 0 saturated carbocycles. The summed E-state index contributed by atoms with van der Waals surface area (Å²) in [7, 11) is 0. The normalized spacial score (nSPS) is 12.3. The Labute approximate surface area is 112 Å². The van der Waals surface area contributed by atoms with E-state index < -0.39 is 11.9 Å². The Hall–Kier alpha value is -1.87. The van der Waals surface area contributed by atoms with Gasteiger partial charge in [-0.05, 0) is 61.7 Å². The van der Waals surface area contributed by atoms with Crippen LogP contribution in [0.25, 0.3) is 0 Å². The van der Waals surface area contributed by atoms with Crippen LogP contribution < -0.4 is 4.74 Å². The van der Waals surface area contributed by atoms with Crippen LogP contribution in [-0.4, -0.2) is 5.11 Å². The number of benzene rings is 2. The molecule has 0 fully saturated rings. The first-order valence-electron chi connectivity index (χ1n) is 6.20. The van der Waals surface area contributed by atoms with Crippen LogP contribution in [0.1, 0.15) is 29.7 Å². The lowest BCUT2D eigenvalue weighted by atomic mass is 10.1. The molecule has 0 aliphatic carbocycles. The van der Waals surface area contributed by atoms with E-state index in [1.165, 1.54) is 12.1 Å². The number of aliphatic hydroxyl groups excluding tert-OH is 1. The zero-order valence-corrected chi connectivity index (χ0v) is 11.3. The molecule has 2 nitrogen and oxygen atoms in total. The summed E-state index contributed by atoms with van der Waals surface area (Å²) in [6.07, 6.45) is -0.690. The summed E-state index contributed by atoms with van der Waals surface area (Å²) >= 11 is 0. The number of aryl methyl sites for hydroxylation is 2. The van der Waals surface area contributed by atoms with Crippen molar-refractivity contribution in [1.29, 1.82) is 0 Å². The Morgan fingerprint density at radius 3 is 2.37 bits per heavy atom. The molecule has 0 unspecified atom stereocenters. The molecule has 0 bridgehead atoms. The highest BCUT2D eigenvalue weighted by Crippen LogP contribution is 2.28. The molecule has 0 saturated heterocycles. The smallest absolute Gasteiger partial charge is 0.166 e. The summed E-state index contributed by atoms with van der Waals surface area (Å²) in [5, 5.41) is 9.39. The lowest BCUT2D eigenvalue weighted by molar-refractivity contribution is 0.198. The second-order valence-corrected chi connectivity index (χ2v) is 4.71. The quantitative estimate of drug-likeness (QED) is 0.892. The Balaban J connectivity index is 2.25. The van der Waals surface area contributed by atoms with Crippen molar-refractivity contribution in [3.8, 4) is 11.5 Å². The van der Waals surface area contributed by atoms with Gasteiger partial charge in [0.1, 0.15) is 5.75 Å². The van der Waals surface area contributed by atoms with Crippen LogP contribution in [-0.2, 0) is 0 Å². The van der Waals surface area contributed by atoms with Crippen LogP contribution in [0.2, 0.25) is 0 Å². The molecule has 0 amide bonds. The summed E-state index contributed by atoms with van der Waals surface area (Å²) in [5.74, 6) is 0.288. The molecular weight excluding hydrogens is 243 g/mol. The van der Waals surface area contributed by atoms with E-state index in [1.807, 2.05) is 32.0 Å². The van der Waals surface area contributed by atoms with Gasteiger partial charge >= 0.3 is 0 Å². The highest BCUT2D eigenvalue weighted by molar-refractivity contribution is 5.38. The first kappa shape index (κ1) is 13.6. The predicted molar refractivity (Wildman–Crippen MR) is 73.0 cm³/mol. The molecule has 3 heteroatoms. The molecule has 19 heavy (non-hydrogen) atoms. The second kappa shape index (κ2) is 5.41. The van der Waals surface area contributed by atoms with Crippen molar-refractivity contribution in [2.75, 3.05) is 0 Å². The lowest BCUT2D eigenvalue weighted by Crippen LogP contribution is -1.95. The van der Waals surface area contributed by atoms with E-state index in [9.17, 15) is 9.50 Å². The zero-order chi connectivity index (χ0) is 14.0. The number of hydrogen-bond donors (Lipinski definition) is 1. The van der Waals surface area contributed by atoms with Gasteiger partial charge < -0.3 is 9.84 Å². The summed E-state index contributed by atoms with van der Waals surface area (Å²) < 4.78 is 19.4. The summed E-state index contributed by atoms with van der Waals surface area (Å²) in [4.78, 5) is 0. The highest BCUT2D eigenvalue weighted by atomic mass is 19.1. The summed E-state index contributed by atoms with van der Waals surface area (Å²) in [6, 6.07) is 10.1. The van der Waals surface area contributed by atoms with Crippen molar-refractivity contribution in [3.05, 3.63) is 58.9 Å². The third-order valence-corrected chi connectivity index (χ3v) is 3.14. The van der Waals surface area contributed by atoms with E-state index in [2.05, 4.69) is 0 Å². The van der Waals surface area contributed by atoms with E-state index in [0.717, 1.165) is 11.1 Å². The maximum absolute atomic E-state index is 13.8. The minimum absolute atomic E-state index is 0.160. The van der Waals surface area contributed by atoms with Gasteiger partial charge in [0.2, 0.25) is 0 Å². The van der Waals surface area contributed by atoms with Crippen molar-refractivity contribution in [2.45, 2.75) is 26.9 Å². The van der Waals surface area contributed by atoms with E-state index in [1.54, 1.807) is 13.0 Å². The van der Waals surface area contributed by atoms with Crippen molar-refractivity contribution < 1.29 is 14.2 Å². The van der Waals surface area contributed by atoms with Crippen LogP contribution in [0.4, 0.5) is 4.39 Å². The number of hydrogen-bond acceptors (Lipinski definition) is 2. The van der Waals surface area contributed by atoms with Gasteiger partial charge in [-0.15, -0.1) is 0 Å². The monoisotopic (exact) mass is 260 g/mol. The van der Waals surface area contributed by atoms with Crippen LogP contribution in [0, 0.1) is 19.7 Å². The molecular formula is C16H17FO2. The molecule has 0 aliphatic heterocycles. The van der Waals surface area contributed by atoms with Gasteiger partial charge in [-0.3, -0.25) is 0 Å². The first-order chi connectivity index (χ1) is 8.97. The number of aliphatic hydroxyl groups is 1. The van der Waals surface area contributed by atoms with Gasteiger partial charge in [-0.25, -0.2) is 4.39 Å². The van der Waals surface area contributed by atoms with Gasteiger partial charge in [0.25, 0.3) is 0 Å². The van der Waals surface area contributed by atoms with Crippen LogP contribution in [0.3, 0.4) is 0 Å². The topological polar surface area (TPSA) is 29.5 Å². The Morgan fingerprint density at radius 2 is 1.79 bits per heavy atom. The average Bonchev–Trinajstić information content (AvgIpc) is 2.36. The molecule has 0 spiro atoms. The minimum atomic E-state index is -0.690. The fourth-order valence-corrected chi connectivity index (χ4v) is 1.76. The van der Waals surface area contributed by atoms with Crippen molar-refractivity contribution in [1.82, 2.24) is 0 Å². The van der Waals surface area contributed by atoms with Crippen molar-refractivity contribution in [3.63, 3.8) is 0 Å². The molecule has 0 aromatic heterocycles. The average molecular weight is 260 g/mol. The number of halogens is 1. The Bertz CT molecular complexity index is 591. The Kier molecular flexibility index (Phi) is 3.86. The number of ether oxygens (including phenoxy) is 1. The number of rotatable bonds is 3. The molecule has 1 N–H and O–H groups in total. The van der Waals surface area contributed by atoms with Gasteiger partial charge in [-0.2, -0.15) is 0 Å². The SMILES string of the molecule is Cc1ccc(Oc2ccc([C@H](C)O)cc2F)cc1C. The molecule has 0 aliphatic rings. The van der Waals surface area contributed by atoms with Crippen LogP contribution >= 0.6 is 0 Å². The van der Waals surface area contributed by atoms with Crippen molar-refractivity contribution in [2.24, 2.45) is 0 Å². The predicted octanol–water partition coefficient (Wildman–Crippen LogP) is 4.29. The fraction of sp³-hybridized carbons (Fsp3) is 0.250. The molecule has 2 rings (SSSR count). The second-order valence-electron chi connectivity index (χ2n) is 4.71. The van der Waals surface area contributed by atoms with Gasteiger partial charge in [0, 0.05) is 0 Å². The summed E-state index contributed by atoms with van der Waals surface area (Å²) in [5.41, 5.74) is 2.79. The van der Waals surface area contributed by atoms with Crippen LogP contribution in [0.5, 0.6) is 11.5 Å². The van der Waals surface area contributed by atoms with Gasteiger partial charge in [-0.1, -0.05) is 12.1 Å². The highest BCUT2D eigenvalue weighted by Gasteiger charge is 2.09. The van der Waals surface area contributed by atoms with Gasteiger partial charge in [0.15, 0.2) is 11.6 Å². The maximum Gasteiger partial charge on any atom is 0.166 e. The first-order valence-corrected chi connectivity index (χ1v) is 6.20. The third kappa shape index (κ3) is 3.12. The molecule has 100 valence electrons. The molecule has 1 atom stereocenters. The molecule has 2 aromatic carbocycles. The summed E-state index contributed by atoms with van der Waals surface area (Å²) in [6.45, 7) is 5.59. The maximum atomic E-state index is 13.8. The minimum Gasteiger partial charge on any atom is -0.454 e. The molecule has 0 radical (unpaired) electrons. The largest absolute Gasteiger partial charge is 0.454 e. The standard InChI is InChI=1S/C16H17FO2/c1-10-4-6-14(8-11(10)2)19-16-7-5-13(12(3)18)9-15(16)17/h4-9,12,18H,1-3H3/t12-/m0/s1. The van der Waals surface area contributed by atoms with E-state index in [-0.39, 0.29) is 5.75 Å². The van der Waals surface area contributed by atoms with Crippen molar-refractivity contribution >= 4 is 0 Å². The molecule has 0 heterocycles. The Morgan fingerprint density at radius 1 is 1.05 bits per heavy atom. The lowest BCUT2D eigenvalue weighted by Gasteiger charge is -2.11. The zero-order valence-electron chi connectivity index (χ0n) is 11.3. The fourth-order valence-electron chi connectivity index (χ4n) is 1.76. The van der Waals surface area contributed by atoms with Crippen LogP contribution in [0.15, 0.2) is 36.4 Å². The van der Waals surface area contributed by atoms with E-state index >= 15 is 0 Å². The van der Waals surface area contributed by atoms with Gasteiger partial charge in [0.05, 0.1) is 6.10 Å².